The van der Waals surface area contributed by atoms with E-state index in [2.05, 4.69) is 13.8 Å². The quantitative estimate of drug-likeness (QED) is 0.244. The standard InChI is InChI=1S/C17H36OSi/c1-3-5-6-7-8-9-10-11-12-13-14-15-16-18-19-17-4-2/h3-17H2,1-2H3. The van der Waals surface area contributed by atoms with Crippen molar-refractivity contribution in [3.63, 3.8) is 0 Å². The van der Waals surface area contributed by atoms with Crippen LogP contribution in [0.3, 0.4) is 0 Å². The second-order valence-corrected chi connectivity index (χ2v) is 6.71. The van der Waals surface area contributed by atoms with Crippen LogP contribution in [0, 0.1) is 0 Å². The third-order valence-corrected chi connectivity index (χ3v) is 4.67. The minimum Gasteiger partial charge on any atom is -0.417 e. The van der Waals surface area contributed by atoms with Crippen LogP contribution in [0.15, 0.2) is 0 Å². The molecule has 19 heavy (non-hydrogen) atoms. The SMILES string of the molecule is CCCCCCCCCCCCCCO[Si]CCC. The normalized spacial score (nSPS) is 11.1. The summed E-state index contributed by atoms with van der Waals surface area (Å²) in [5.41, 5.74) is 0. The van der Waals surface area contributed by atoms with Crippen LogP contribution in [-0.4, -0.2) is 16.4 Å². The summed E-state index contributed by atoms with van der Waals surface area (Å²) in [5, 5.41) is 0. The third kappa shape index (κ3) is 18.2. The maximum absolute atomic E-state index is 5.59. The Labute approximate surface area is 124 Å². The van der Waals surface area contributed by atoms with Crippen molar-refractivity contribution >= 4 is 9.76 Å². The Balaban J connectivity index is 2.88. The molecule has 0 N–H and O–H groups in total. The van der Waals surface area contributed by atoms with Gasteiger partial charge < -0.3 is 4.43 Å². The first kappa shape index (κ1) is 19.2. The summed E-state index contributed by atoms with van der Waals surface area (Å²) in [4.78, 5) is 0. The Kier molecular flexibility index (Phi) is 18.3. The van der Waals surface area contributed by atoms with Gasteiger partial charge in [0.25, 0.3) is 0 Å². The van der Waals surface area contributed by atoms with Gasteiger partial charge in [-0.25, -0.2) is 0 Å². The monoisotopic (exact) mass is 284 g/mol. The molecule has 2 heteroatoms. The molecular weight excluding hydrogens is 248 g/mol. The molecule has 0 rings (SSSR count). The fourth-order valence-electron chi connectivity index (χ4n) is 2.26. The number of hydrogen-bond acceptors (Lipinski definition) is 1. The Bertz CT molecular complexity index is 134. The average Bonchev–Trinajstić information content (AvgIpc) is 2.43. The summed E-state index contributed by atoms with van der Waals surface area (Å²) in [6, 6.07) is 1.25. The van der Waals surface area contributed by atoms with Gasteiger partial charge in [-0.1, -0.05) is 90.9 Å². The second kappa shape index (κ2) is 18.2. The van der Waals surface area contributed by atoms with E-state index in [0.717, 1.165) is 16.4 Å². The maximum Gasteiger partial charge on any atom is 0.229 e. The molecule has 0 aromatic rings. The van der Waals surface area contributed by atoms with E-state index in [9.17, 15) is 0 Å². The molecule has 0 heterocycles. The smallest absolute Gasteiger partial charge is 0.229 e. The van der Waals surface area contributed by atoms with Gasteiger partial charge in [0.05, 0.1) is 0 Å². The van der Waals surface area contributed by atoms with Crippen LogP contribution in [0.1, 0.15) is 97.3 Å². The van der Waals surface area contributed by atoms with Gasteiger partial charge in [-0.3, -0.25) is 0 Å². The number of hydrogen-bond donors (Lipinski definition) is 0. The van der Waals surface area contributed by atoms with Crippen molar-refractivity contribution in [2.45, 2.75) is 103 Å². The molecule has 114 valence electrons. The molecular formula is C17H36OSi. The molecule has 0 saturated heterocycles. The molecule has 0 aliphatic carbocycles. The molecule has 0 aromatic carbocycles. The van der Waals surface area contributed by atoms with Crippen molar-refractivity contribution in [1.82, 2.24) is 0 Å². The molecule has 0 aromatic heterocycles. The van der Waals surface area contributed by atoms with Crippen LogP contribution in [0.25, 0.3) is 0 Å². The fraction of sp³-hybridized carbons (Fsp3) is 1.00. The van der Waals surface area contributed by atoms with Crippen molar-refractivity contribution in [3.8, 4) is 0 Å². The van der Waals surface area contributed by atoms with Crippen molar-refractivity contribution in [2.24, 2.45) is 0 Å². The van der Waals surface area contributed by atoms with Crippen LogP contribution in [0.4, 0.5) is 0 Å². The van der Waals surface area contributed by atoms with Crippen LogP contribution < -0.4 is 0 Å². The molecule has 0 bridgehead atoms. The highest BCUT2D eigenvalue weighted by Gasteiger charge is 1.94. The van der Waals surface area contributed by atoms with Gasteiger partial charge in [0, 0.05) is 6.61 Å². The lowest BCUT2D eigenvalue weighted by atomic mass is 10.1. The molecule has 0 aliphatic heterocycles. The molecule has 2 radical (unpaired) electrons. The summed E-state index contributed by atoms with van der Waals surface area (Å²) in [6.45, 7) is 5.51. The molecule has 0 atom stereocenters. The van der Waals surface area contributed by atoms with Gasteiger partial charge in [-0.15, -0.1) is 0 Å². The molecule has 0 fully saturated rings. The summed E-state index contributed by atoms with van der Waals surface area (Å²) in [6.07, 6.45) is 18.3. The van der Waals surface area contributed by atoms with E-state index in [1.54, 1.807) is 0 Å². The average molecular weight is 285 g/mol. The van der Waals surface area contributed by atoms with Gasteiger partial charge in [0.1, 0.15) is 0 Å². The Morgan fingerprint density at radius 1 is 0.579 bits per heavy atom. The summed E-state index contributed by atoms with van der Waals surface area (Å²) >= 11 is 0. The molecule has 0 spiro atoms. The van der Waals surface area contributed by atoms with E-state index in [-0.39, 0.29) is 0 Å². The first-order chi connectivity index (χ1) is 9.41. The first-order valence-electron chi connectivity index (χ1n) is 8.76. The molecule has 0 aliphatic rings. The topological polar surface area (TPSA) is 9.23 Å². The zero-order valence-corrected chi connectivity index (χ0v) is 14.5. The zero-order chi connectivity index (χ0) is 14.0. The highest BCUT2D eigenvalue weighted by molar-refractivity contribution is 6.26. The predicted molar refractivity (Wildman–Crippen MR) is 87.9 cm³/mol. The van der Waals surface area contributed by atoms with Crippen LogP contribution >= 0.6 is 0 Å². The van der Waals surface area contributed by atoms with Crippen molar-refractivity contribution < 1.29 is 4.43 Å². The molecule has 0 amide bonds. The minimum atomic E-state index is 0.744. The molecule has 0 saturated carbocycles. The van der Waals surface area contributed by atoms with E-state index < -0.39 is 0 Å². The Hall–Kier alpha value is 0.177. The van der Waals surface area contributed by atoms with E-state index in [4.69, 9.17) is 4.43 Å². The van der Waals surface area contributed by atoms with E-state index >= 15 is 0 Å². The summed E-state index contributed by atoms with van der Waals surface area (Å²) < 4.78 is 5.59. The first-order valence-corrected chi connectivity index (χ1v) is 9.88. The Morgan fingerprint density at radius 3 is 1.53 bits per heavy atom. The van der Waals surface area contributed by atoms with Crippen LogP contribution in [0.5, 0.6) is 0 Å². The zero-order valence-electron chi connectivity index (χ0n) is 13.5. The van der Waals surface area contributed by atoms with Gasteiger partial charge >= 0.3 is 0 Å². The van der Waals surface area contributed by atoms with Crippen LogP contribution in [-0.2, 0) is 4.43 Å². The van der Waals surface area contributed by atoms with Crippen LogP contribution in [0.2, 0.25) is 6.04 Å². The van der Waals surface area contributed by atoms with Gasteiger partial charge in [0.15, 0.2) is 0 Å². The largest absolute Gasteiger partial charge is 0.417 e. The lowest BCUT2D eigenvalue weighted by Gasteiger charge is -2.03. The van der Waals surface area contributed by atoms with E-state index in [1.165, 1.54) is 89.5 Å². The van der Waals surface area contributed by atoms with Gasteiger partial charge in [-0.05, 0) is 12.5 Å². The number of rotatable bonds is 16. The summed E-state index contributed by atoms with van der Waals surface area (Å²) in [5.74, 6) is 0. The number of unbranched alkanes of at least 4 members (excludes halogenated alkanes) is 11. The van der Waals surface area contributed by atoms with Gasteiger partial charge in [-0.2, -0.15) is 0 Å². The predicted octanol–water partition coefficient (Wildman–Crippen LogP) is 6.15. The second-order valence-electron chi connectivity index (χ2n) is 5.63. The molecule has 0 unspecified atom stereocenters. The highest BCUT2D eigenvalue weighted by Crippen LogP contribution is 2.11. The van der Waals surface area contributed by atoms with Crippen molar-refractivity contribution in [3.05, 3.63) is 0 Å². The van der Waals surface area contributed by atoms with Crippen molar-refractivity contribution in [1.29, 1.82) is 0 Å². The Morgan fingerprint density at radius 2 is 1.05 bits per heavy atom. The lowest BCUT2D eigenvalue weighted by Crippen LogP contribution is -1.99. The minimum absolute atomic E-state index is 0.744. The third-order valence-electron chi connectivity index (χ3n) is 3.55. The van der Waals surface area contributed by atoms with Gasteiger partial charge in [0.2, 0.25) is 9.76 Å². The van der Waals surface area contributed by atoms with Crippen molar-refractivity contribution in [2.75, 3.05) is 6.61 Å². The lowest BCUT2D eigenvalue weighted by molar-refractivity contribution is 0.319. The van der Waals surface area contributed by atoms with E-state index in [0.29, 0.717) is 0 Å². The molecule has 1 nitrogen and oxygen atoms in total. The fourth-order valence-corrected chi connectivity index (χ4v) is 2.90. The van der Waals surface area contributed by atoms with E-state index in [1.807, 2.05) is 0 Å². The summed E-state index contributed by atoms with van der Waals surface area (Å²) in [7, 11) is 0.744. The maximum atomic E-state index is 5.59. The highest BCUT2D eigenvalue weighted by atomic mass is 28.2.